The second-order valence-electron chi connectivity index (χ2n) is 5.58. The van der Waals surface area contributed by atoms with E-state index in [2.05, 4.69) is 5.32 Å². The molecule has 21 heavy (non-hydrogen) atoms. The summed E-state index contributed by atoms with van der Waals surface area (Å²) < 4.78 is 0. The molecule has 110 valence electrons. The number of carboxylic acids is 1. The molecule has 3 nitrogen and oxygen atoms in total. The summed E-state index contributed by atoms with van der Waals surface area (Å²) in [7, 11) is 0. The number of aliphatic carboxylic acids is 1. The Hall–Kier alpha value is -2.13. The molecular formula is C18H21NO2. The van der Waals surface area contributed by atoms with Gasteiger partial charge < -0.3 is 5.11 Å². The van der Waals surface area contributed by atoms with Crippen LogP contribution in [0.1, 0.15) is 31.0 Å². The van der Waals surface area contributed by atoms with Crippen LogP contribution >= 0.6 is 0 Å². The van der Waals surface area contributed by atoms with Crippen LogP contribution in [0.15, 0.2) is 60.7 Å². The third-order valence-corrected chi connectivity index (χ3v) is 3.71. The zero-order chi connectivity index (χ0) is 15.3. The third-order valence-electron chi connectivity index (χ3n) is 3.71. The second-order valence-corrected chi connectivity index (χ2v) is 5.58. The van der Waals surface area contributed by atoms with Crippen molar-refractivity contribution >= 4 is 5.97 Å². The smallest absolute Gasteiger partial charge is 0.323 e. The van der Waals surface area contributed by atoms with E-state index in [9.17, 15) is 9.90 Å². The highest BCUT2D eigenvalue weighted by molar-refractivity contribution is 5.78. The van der Waals surface area contributed by atoms with Crippen LogP contribution in [0.25, 0.3) is 0 Å². The predicted octanol–water partition coefficient (Wildman–Crippen LogP) is 3.42. The molecule has 2 aromatic carbocycles. The summed E-state index contributed by atoms with van der Waals surface area (Å²) in [5.74, 6) is -0.839. The van der Waals surface area contributed by atoms with Gasteiger partial charge in [0.1, 0.15) is 5.54 Å². The van der Waals surface area contributed by atoms with E-state index in [4.69, 9.17) is 0 Å². The van der Waals surface area contributed by atoms with E-state index in [1.54, 1.807) is 6.92 Å². The molecule has 2 atom stereocenters. The molecule has 0 saturated heterocycles. The summed E-state index contributed by atoms with van der Waals surface area (Å²) in [5.41, 5.74) is 1.09. The minimum absolute atomic E-state index is 0.0315. The maximum Gasteiger partial charge on any atom is 0.323 e. The van der Waals surface area contributed by atoms with Crippen LogP contribution in [0, 0.1) is 0 Å². The van der Waals surface area contributed by atoms with Crippen molar-refractivity contribution in [1.29, 1.82) is 0 Å². The number of hydrogen-bond acceptors (Lipinski definition) is 2. The van der Waals surface area contributed by atoms with Gasteiger partial charge in [0.25, 0.3) is 0 Å². The number of hydrogen-bond donors (Lipinski definition) is 2. The quantitative estimate of drug-likeness (QED) is 0.854. The number of benzene rings is 2. The molecule has 0 aromatic heterocycles. The van der Waals surface area contributed by atoms with E-state index in [0.29, 0.717) is 6.42 Å². The molecular weight excluding hydrogens is 262 g/mol. The highest BCUT2D eigenvalue weighted by Gasteiger charge is 2.34. The Bertz CT molecular complexity index is 583. The van der Waals surface area contributed by atoms with E-state index >= 15 is 0 Å². The first-order valence-corrected chi connectivity index (χ1v) is 7.11. The van der Waals surface area contributed by atoms with Crippen molar-refractivity contribution in [1.82, 2.24) is 5.32 Å². The van der Waals surface area contributed by atoms with Crippen LogP contribution in [-0.2, 0) is 11.2 Å². The first-order valence-electron chi connectivity index (χ1n) is 7.11. The van der Waals surface area contributed by atoms with Gasteiger partial charge in [-0.3, -0.25) is 10.1 Å². The lowest BCUT2D eigenvalue weighted by atomic mass is 9.91. The Morgan fingerprint density at radius 3 is 2.14 bits per heavy atom. The monoisotopic (exact) mass is 283 g/mol. The molecule has 2 aromatic rings. The van der Waals surface area contributed by atoms with E-state index in [1.165, 1.54) is 0 Å². The lowest BCUT2D eigenvalue weighted by Gasteiger charge is -2.30. The highest BCUT2D eigenvalue weighted by Crippen LogP contribution is 2.20. The van der Waals surface area contributed by atoms with E-state index in [1.807, 2.05) is 67.6 Å². The van der Waals surface area contributed by atoms with Gasteiger partial charge in [-0.25, -0.2) is 0 Å². The number of rotatable bonds is 6. The average Bonchev–Trinajstić information content (AvgIpc) is 2.49. The van der Waals surface area contributed by atoms with Gasteiger partial charge in [0.15, 0.2) is 0 Å². The molecule has 0 radical (unpaired) electrons. The maximum atomic E-state index is 11.7. The Balaban J connectivity index is 2.17. The minimum Gasteiger partial charge on any atom is -0.480 e. The molecule has 0 aliphatic carbocycles. The van der Waals surface area contributed by atoms with Gasteiger partial charge in [-0.2, -0.15) is 0 Å². The van der Waals surface area contributed by atoms with Gasteiger partial charge in [0, 0.05) is 12.5 Å². The van der Waals surface area contributed by atoms with Crippen LogP contribution in [0.2, 0.25) is 0 Å². The summed E-state index contributed by atoms with van der Waals surface area (Å²) in [4.78, 5) is 11.7. The number of nitrogens with one attached hydrogen (secondary N) is 1. The molecule has 0 bridgehead atoms. The maximum absolute atomic E-state index is 11.7. The fourth-order valence-electron chi connectivity index (χ4n) is 2.50. The van der Waals surface area contributed by atoms with Gasteiger partial charge in [-0.1, -0.05) is 60.7 Å². The molecule has 1 unspecified atom stereocenters. The van der Waals surface area contributed by atoms with Gasteiger partial charge in [-0.05, 0) is 25.0 Å². The van der Waals surface area contributed by atoms with Crippen molar-refractivity contribution in [2.45, 2.75) is 31.8 Å². The van der Waals surface area contributed by atoms with Crippen LogP contribution < -0.4 is 5.32 Å². The van der Waals surface area contributed by atoms with Crippen molar-refractivity contribution < 1.29 is 9.90 Å². The van der Waals surface area contributed by atoms with Crippen LogP contribution in [0.3, 0.4) is 0 Å². The largest absolute Gasteiger partial charge is 0.480 e. The summed E-state index contributed by atoms with van der Waals surface area (Å²) in [6.45, 7) is 3.73. The molecule has 0 amide bonds. The second kappa shape index (κ2) is 6.55. The van der Waals surface area contributed by atoms with Crippen molar-refractivity contribution in [3.8, 4) is 0 Å². The van der Waals surface area contributed by atoms with E-state index in [0.717, 1.165) is 11.1 Å². The SMILES string of the molecule is CC(N[C@](C)(Cc1ccccc1)C(=O)O)c1ccccc1. The molecule has 0 aliphatic heterocycles. The van der Waals surface area contributed by atoms with E-state index < -0.39 is 11.5 Å². The Kier molecular flexibility index (Phi) is 4.76. The molecule has 2 rings (SSSR count). The van der Waals surface area contributed by atoms with Crippen LogP contribution in [0.5, 0.6) is 0 Å². The first-order chi connectivity index (χ1) is 10.0. The first kappa shape index (κ1) is 15.3. The summed E-state index contributed by atoms with van der Waals surface area (Å²) >= 11 is 0. The lowest BCUT2D eigenvalue weighted by Crippen LogP contribution is -2.52. The Morgan fingerprint density at radius 1 is 1.10 bits per heavy atom. The Morgan fingerprint density at radius 2 is 1.62 bits per heavy atom. The standard InChI is InChI=1S/C18H21NO2/c1-14(16-11-7-4-8-12-16)19-18(2,17(20)21)13-15-9-5-3-6-10-15/h3-12,14,19H,13H2,1-2H3,(H,20,21)/t14?,18-/m1/s1. The van der Waals surface area contributed by atoms with Gasteiger partial charge >= 0.3 is 5.97 Å². The van der Waals surface area contributed by atoms with Crippen molar-refractivity contribution in [3.05, 3.63) is 71.8 Å². The zero-order valence-corrected chi connectivity index (χ0v) is 12.4. The fraction of sp³-hybridized carbons (Fsp3) is 0.278. The molecule has 0 heterocycles. The molecule has 2 N–H and O–H groups in total. The van der Waals surface area contributed by atoms with Crippen LogP contribution in [-0.4, -0.2) is 16.6 Å². The molecule has 0 fully saturated rings. The van der Waals surface area contributed by atoms with Gasteiger partial charge in [0.05, 0.1) is 0 Å². The van der Waals surface area contributed by atoms with Gasteiger partial charge in [0.2, 0.25) is 0 Å². The van der Waals surface area contributed by atoms with Crippen molar-refractivity contribution in [2.24, 2.45) is 0 Å². The fourth-order valence-corrected chi connectivity index (χ4v) is 2.50. The third kappa shape index (κ3) is 3.92. The lowest BCUT2D eigenvalue weighted by molar-refractivity contribution is -0.144. The summed E-state index contributed by atoms with van der Waals surface area (Å²) in [6, 6.07) is 19.5. The molecule has 0 saturated carbocycles. The number of carboxylic acid groups (broad SMARTS) is 1. The number of carbonyl (C=O) groups is 1. The predicted molar refractivity (Wildman–Crippen MR) is 84.2 cm³/mol. The average molecular weight is 283 g/mol. The highest BCUT2D eigenvalue weighted by atomic mass is 16.4. The normalized spacial score (nSPS) is 15.1. The van der Waals surface area contributed by atoms with Crippen molar-refractivity contribution in [2.75, 3.05) is 0 Å². The molecule has 0 spiro atoms. The Labute approximate surface area is 125 Å². The molecule has 3 heteroatoms. The van der Waals surface area contributed by atoms with Crippen LogP contribution in [0.4, 0.5) is 0 Å². The van der Waals surface area contributed by atoms with E-state index in [-0.39, 0.29) is 6.04 Å². The summed E-state index contributed by atoms with van der Waals surface area (Å²) in [6.07, 6.45) is 0.445. The zero-order valence-electron chi connectivity index (χ0n) is 12.4. The summed E-state index contributed by atoms with van der Waals surface area (Å²) in [5, 5.41) is 12.9. The van der Waals surface area contributed by atoms with Gasteiger partial charge in [-0.15, -0.1) is 0 Å². The topological polar surface area (TPSA) is 49.3 Å². The van der Waals surface area contributed by atoms with Crippen molar-refractivity contribution in [3.63, 3.8) is 0 Å². The molecule has 0 aliphatic rings. The minimum atomic E-state index is -1.00.